The minimum absolute atomic E-state index is 0.292. The maximum atomic E-state index is 12.0. The van der Waals surface area contributed by atoms with Gasteiger partial charge >= 0.3 is 0 Å². The predicted molar refractivity (Wildman–Crippen MR) is 78.6 cm³/mol. The highest BCUT2D eigenvalue weighted by Gasteiger charge is 2.27. The second kappa shape index (κ2) is 6.86. The number of hydrogen-bond acceptors (Lipinski definition) is 3. The first-order valence-corrected chi connectivity index (χ1v) is 9.08. The predicted octanol–water partition coefficient (Wildman–Crippen LogP) is 1.70. The van der Waals surface area contributed by atoms with Gasteiger partial charge in [-0.05, 0) is 31.6 Å². The van der Waals surface area contributed by atoms with Crippen LogP contribution in [0.2, 0.25) is 0 Å². The highest BCUT2D eigenvalue weighted by molar-refractivity contribution is 7.89. The monoisotopic (exact) mass is 286 g/mol. The lowest BCUT2D eigenvalue weighted by atomic mass is 9.94. The first-order valence-electron chi connectivity index (χ1n) is 7.47. The third-order valence-corrected chi connectivity index (χ3v) is 6.16. The SMILES string of the molecule is CCCS(=O)(=O)N1CCN(C[C@H]2CC=CCC2)CC1. The van der Waals surface area contributed by atoms with E-state index in [2.05, 4.69) is 17.1 Å². The minimum Gasteiger partial charge on any atom is -0.300 e. The van der Waals surface area contributed by atoms with E-state index < -0.39 is 10.0 Å². The lowest BCUT2D eigenvalue weighted by molar-refractivity contribution is 0.161. The third kappa shape index (κ3) is 4.29. The molecule has 0 spiro atoms. The third-order valence-electron chi connectivity index (χ3n) is 4.08. The maximum Gasteiger partial charge on any atom is 0.214 e. The number of sulfonamides is 1. The number of rotatable bonds is 5. The Hall–Kier alpha value is -0.390. The molecular weight excluding hydrogens is 260 g/mol. The van der Waals surface area contributed by atoms with E-state index >= 15 is 0 Å². The van der Waals surface area contributed by atoms with E-state index in [9.17, 15) is 8.42 Å². The highest BCUT2D eigenvalue weighted by Crippen LogP contribution is 2.20. The quantitative estimate of drug-likeness (QED) is 0.722. The molecule has 5 heteroatoms. The van der Waals surface area contributed by atoms with Crippen LogP contribution in [0, 0.1) is 5.92 Å². The fourth-order valence-corrected chi connectivity index (χ4v) is 4.46. The molecule has 0 aromatic rings. The van der Waals surface area contributed by atoms with Gasteiger partial charge in [-0.1, -0.05) is 19.1 Å². The average Bonchev–Trinajstić information content (AvgIpc) is 2.40. The van der Waals surface area contributed by atoms with Crippen molar-refractivity contribution in [3.8, 4) is 0 Å². The fourth-order valence-electron chi connectivity index (χ4n) is 2.96. The Bertz CT molecular complexity index is 398. The Balaban J connectivity index is 1.77. The van der Waals surface area contributed by atoms with Crippen molar-refractivity contribution in [3.05, 3.63) is 12.2 Å². The summed E-state index contributed by atoms with van der Waals surface area (Å²) in [5.41, 5.74) is 0. The second-order valence-electron chi connectivity index (χ2n) is 5.67. The molecule has 0 radical (unpaired) electrons. The van der Waals surface area contributed by atoms with Crippen LogP contribution in [-0.2, 0) is 10.0 Å². The standard InChI is InChI=1S/C14H26N2O2S/c1-2-12-19(17,18)16-10-8-15(9-11-16)13-14-6-4-3-5-7-14/h3-4,14H,2,5-13H2,1H3/t14-/m0/s1. The molecule has 1 atom stereocenters. The van der Waals surface area contributed by atoms with E-state index in [-0.39, 0.29) is 0 Å². The Labute approximate surface area is 117 Å². The van der Waals surface area contributed by atoms with Crippen molar-refractivity contribution in [2.24, 2.45) is 5.92 Å². The molecule has 1 saturated heterocycles. The van der Waals surface area contributed by atoms with Crippen molar-refractivity contribution >= 4 is 10.0 Å². The minimum atomic E-state index is -2.99. The van der Waals surface area contributed by atoms with E-state index in [1.54, 1.807) is 4.31 Å². The Morgan fingerprint density at radius 1 is 1.16 bits per heavy atom. The molecule has 1 fully saturated rings. The molecule has 4 nitrogen and oxygen atoms in total. The molecule has 0 saturated carbocycles. The van der Waals surface area contributed by atoms with Crippen LogP contribution in [0.25, 0.3) is 0 Å². The van der Waals surface area contributed by atoms with Crippen molar-refractivity contribution < 1.29 is 8.42 Å². The van der Waals surface area contributed by atoms with Crippen molar-refractivity contribution in [3.63, 3.8) is 0 Å². The molecule has 0 aromatic heterocycles. The van der Waals surface area contributed by atoms with Crippen LogP contribution in [0.3, 0.4) is 0 Å². The molecule has 1 heterocycles. The zero-order valence-electron chi connectivity index (χ0n) is 11.9. The molecule has 0 bridgehead atoms. The molecule has 2 rings (SSSR count). The molecule has 1 aliphatic carbocycles. The van der Waals surface area contributed by atoms with Crippen molar-refractivity contribution in [2.75, 3.05) is 38.5 Å². The van der Waals surface area contributed by atoms with Crippen molar-refractivity contribution in [2.45, 2.75) is 32.6 Å². The summed E-state index contributed by atoms with van der Waals surface area (Å²) in [6, 6.07) is 0. The molecule has 19 heavy (non-hydrogen) atoms. The van der Waals surface area contributed by atoms with Gasteiger partial charge in [-0.3, -0.25) is 0 Å². The van der Waals surface area contributed by atoms with Crippen LogP contribution in [0.5, 0.6) is 0 Å². The van der Waals surface area contributed by atoms with Crippen LogP contribution >= 0.6 is 0 Å². The Morgan fingerprint density at radius 2 is 1.89 bits per heavy atom. The van der Waals surface area contributed by atoms with Gasteiger partial charge in [0, 0.05) is 32.7 Å². The van der Waals surface area contributed by atoms with E-state index in [1.807, 2.05) is 6.92 Å². The summed E-state index contributed by atoms with van der Waals surface area (Å²) in [5.74, 6) is 1.06. The lowest BCUT2D eigenvalue weighted by Gasteiger charge is -2.36. The van der Waals surface area contributed by atoms with E-state index in [1.165, 1.54) is 19.3 Å². The first-order chi connectivity index (χ1) is 9.12. The molecule has 0 unspecified atom stereocenters. The largest absolute Gasteiger partial charge is 0.300 e. The molecule has 0 N–H and O–H groups in total. The lowest BCUT2D eigenvalue weighted by Crippen LogP contribution is -2.50. The van der Waals surface area contributed by atoms with Crippen LogP contribution in [0.1, 0.15) is 32.6 Å². The zero-order chi connectivity index (χ0) is 13.7. The van der Waals surface area contributed by atoms with Gasteiger partial charge in [-0.2, -0.15) is 4.31 Å². The Kier molecular flexibility index (Phi) is 5.42. The number of piperazine rings is 1. The number of allylic oxidation sites excluding steroid dienone is 2. The van der Waals surface area contributed by atoms with Crippen LogP contribution in [0.15, 0.2) is 12.2 Å². The van der Waals surface area contributed by atoms with E-state index in [0.717, 1.165) is 25.6 Å². The zero-order valence-corrected chi connectivity index (χ0v) is 12.7. The van der Waals surface area contributed by atoms with Gasteiger partial charge in [0.2, 0.25) is 10.0 Å². The molecular formula is C14H26N2O2S. The molecule has 2 aliphatic rings. The fraction of sp³-hybridized carbons (Fsp3) is 0.857. The van der Waals surface area contributed by atoms with Crippen molar-refractivity contribution in [1.29, 1.82) is 0 Å². The summed E-state index contributed by atoms with van der Waals surface area (Å²) in [6.07, 6.45) is 8.94. The smallest absolute Gasteiger partial charge is 0.214 e. The van der Waals surface area contributed by atoms with Gasteiger partial charge < -0.3 is 4.90 Å². The summed E-state index contributed by atoms with van der Waals surface area (Å²) < 4.78 is 25.6. The summed E-state index contributed by atoms with van der Waals surface area (Å²) in [4.78, 5) is 2.43. The van der Waals surface area contributed by atoms with Gasteiger partial charge in [0.05, 0.1) is 5.75 Å². The average molecular weight is 286 g/mol. The van der Waals surface area contributed by atoms with E-state index in [4.69, 9.17) is 0 Å². The van der Waals surface area contributed by atoms with Gasteiger partial charge in [-0.15, -0.1) is 0 Å². The highest BCUT2D eigenvalue weighted by atomic mass is 32.2. The van der Waals surface area contributed by atoms with Crippen LogP contribution in [0.4, 0.5) is 0 Å². The normalized spacial score (nSPS) is 26.7. The topological polar surface area (TPSA) is 40.6 Å². The summed E-state index contributed by atoms with van der Waals surface area (Å²) in [6.45, 7) is 6.18. The molecule has 0 amide bonds. The van der Waals surface area contributed by atoms with Gasteiger partial charge in [0.25, 0.3) is 0 Å². The van der Waals surface area contributed by atoms with E-state index in [0.29, 0.717) is 25.3 Å². The molecule has 0 aromatic carbocycles. The van der Waals surface area contributed by atoms with Gasteiger partial charge in [-0.25, -0.2) is 8.42 Å². The summed E-state index contributed by atoms with van der Waals surface area (Å²) in [7, 11) is -2.99. The van der Waals surface area contributed by atoms with Gasteiger partial charge in [0.15, 0.2) is 0 Å². The summed E-state index contributed by atoms with van der Waals surface area (Å²) >= 11 is 0. The van der Waals surface area contributed by atoms with Crippen LogP contribution < -0.4 is 0 Å². The first kappa shape index (κ1) is 15.0. The number of nitrogens with zero attached hydrogens (tertiary/aromatic N) is 2. The van der Waals surface area contributed by atoms with Crippen LogP contribution in [-0.4, -0.2) is 56.1 Å². The maximum absolute atomic E-state index is 12.0. The molecule has 1 aliphatic heterocycles. The van der Waals surface area contributed by atoms with Gasteiger partial charge in [0.1, 0.15) is 0 Å². The Morgan fingerprint density at radius 3 is 2.47 bits per heavy atom. The van der Waals surface area contributed by atoms with Crippen molar-refractivity contribution in [1.82, 2.24) is 9.21 Å². The number of hydrogen-bond donors (Lipinski definition) is 0. The summed E-state index contributed by atoms with van der Waals surface area (Å²) in [5, 5.41) is 0. The second-order valence-corrected chi connectivity index (χ2v) is 7.75. The molecule has 110 valence electrons.